The average molecular weight is 275 g/mol. The Morgan fingerprint density at radius 1 is 1.30 bits per heavy atom. The van der Waals surface area contributed by atoms with Gasteiger partial charge in [-0.1, -0.05) is 0 Å². The van der Waals surface area contributed by atoms with E-state index in [1.54, 1.807) is 0 Å². The quantitative estimate of drug-likeness (QED) is 0.881. The second kappa shape index (κ2) is 6.22. The lowest BCUT2D eigenvalue weighted by atomic mass is 10.1. The summed E-state index contributed by atoms with van der Waals surface area (Å²) in [6.45, 7) is 12.5. The van der Waals surface area contributed by atoms with Crippen LogP contribution in [0.25, 0.3) is 0 Å². The minimum absolute atomic E-state index is 0.292. The van der Waals surface area contributed by atoms with Crippen molar-refractivity contribution in [3.8, 4) is 0 Å². The molecular weight excluding hydrogens is 250 g/mol. The molecular formula is C15H25N5. The fourth-order valence-corrected chi connectivity index (χ4v) is 2.90. The Balaban J connectivity index is 2.04. The highest BCUT2D eigenvalue weighted by molar-refractivity contribution is 5.27. The SMILES string of the molecule is CCn1nc(C)c(C(C)NC(C)Cn2cccn2)c1C. The van der Waals surface area contributed by atoms with Gasteiger partial charge in [-0.15, -0.1) is 0 Å². The van der Waals surface area contributed by atoms with Crippen LogP contribution in [0.5, 0.6) is 0 Å². The number of rotatable bonds is 6. The molecule has 0 fully saturated rings. The first-order chi connectivity index (χ1) is 9.52. The van der Waals surface area contributed by atoms with Crippen LogP contribution in [0.3, 0.4) is 0 Å². The summed E-state index contributed by atoms with van der Waals surface area (Å²) in [5.41, 5.74) is 3.70. The van der Waals surface area contributed by atoms with Gasteiger partial charge in [-0.25, -0.2) is 0 Å². The van der Waals surface area contributed by atoms with Crippen LogP contribution in [0.15, 0.2) is 18.5 Å². The third kappa shape index (κ3) is 3.10. The molecule has 20 heavy (non-hydrogen) atoms. The van der Waals surface area contributed by atoms with Crippen molar-refractivity contribution in [2.45, 2.75) is 59.8 Å². The van der Waals surface area contributed by atoms with E-state index in [9.17, 15) is 0 Å². The molecule has 1 N–H and O–H groups in total. The van der Waals surface area contributed by atoms with E-state index in [2.05, 4.69) is 54.8 Å². The van der Waals surface area contributed by atoms with Crippen molar-refractivity contribution >= 4 is 0 Å². The van der Waals surface area contributed by atoms with Crippen LogP contribution in [0, 0.1) is 13.8 Å². The van der Waals surface area contributed by atoms with Crippen LogP contribution in [0.4, 0.5) is 0 Å². The average Bonchev–Trinajstić information content (AvgIpc) is 2.97. The predicted octanol–water partition coefficient (Wildman–Crippen LogP) is 2.46. The summed E-state index contributed by atoms with van der Waals surface area (Å²) in [6.07, 6.45) is 3.81. The first kappa shape index (κ1) is 14.8. The fourth-order valence-electron chi connectivity index (χ4n) is 2.90. The minimum Gasteiger partial charge on any atom is -0.306 e. The summed E-state index contributed by atoms with van der Waals surface area (Å²) < 4.78 is 4.03. The van der Waals surface area contributed by atoms with Gasteiger partial charge in [0.05, 0.1) is 12.2 Å². The zero-order valence-corrected chi connectivity index (χ0v) is 13.1. The third-order valence-electron chi connectivity index (χ3n) is 3.72. The van der Waals surface area contributed by atoms with Crippen LogP contribution in [-0.4, -0.2) is 25.6 Å². The summed E-state index contributed by atoms with van der Waals surface area (Å²) in [5.74, 6) is 0. The lowest BCUT2D eigenvalue weighted by molar-refractivity contribution is 0.411. The van der Waals surface area contributed by atoms with E-state index in [0.717, 1.165) is 18.8 Å². The summed E-state index contributed by atoms with van der Waals surface area (Å²) in [6, 6.07) is 2.60. The van der Waals surface area contributed by atoms with Crippen LogP contribution >= 0.6 is 0 Å². The van der Waals surface area contributed by atoms with Crippen molar-refractivity contribution in [3.63, 3.8) is 0 Å². The molecule has 0 aliphatic carbocycles. The Morgan fingerprint density at radius 3 is 2.60 bits per heavy atom. The molecule has 0 bridgehead atoms. The third-order valence-corrected chi connectivity index (χ3v) is 3.72. The van der Waals surface area contributed by atoms with Crippen molar-refractivity contribution in [2.24, 2.45) is 0 Å². The van der Waals surface area contributed by atoms with Gasteiger partial charge in [-0.2, -0.15) is 10.2 Å². The number of aryl methyl sites for hydroxylation is 2. The molecule has 0 aliphatic rings. The molecule has 0 radical (unpaired) electrons. The van der Waals surface area contributed by atoms with Crippen molar-refractivity contribution in [3.05, 3.63) is 35.4 Å². The first-order valence-corrected chi connectivity index (χ1v) is 7.30. The van der Waals surface area contributed by atoms with E-state index in [1.165, 1.54) is 11.3 Å². The standard InChI is InChI=1S/C15H25N5/c1-6-20-14(5)15(13(4)18-20)12(3)17-11(2)10-19-9-7-8-16-19/h7-9,11-12,17H,6,10H2,1-5H3. The Kier molecular flexibility index (Phi) is 4.60. The van der Waals surface area contributed by atoms with Gasteiger partial charge in [-0.05, 0) is 40.7 Å². The predicted molar refractivity (Wildman–Crippen MR) is 80.6 cm³/mol. The van der Waals surface area contributed by atoms with Gasteiger partial charge in [0, 0.05) is 42.3 Å². The topological polar surface area (TPSA) is 47.7 Å². The molecule has 2 aromatic heterocycles. The minimum atomic E-state index is 0.292. The van der Waals surface area contributed by atoms with Gasteiger partial charge in [-0.3, -0.25) is 9.36 Å². The maximum absolute atomic E-state index is 4.59. The van der Waals surface area contributed by atoms with Crippen LogP contribution in [0.2, 0.25) is 0 Å². The van der Waals surface area contributed by atoms with Gasteiger partial charge in [0.2, 0.25) is 0 Å². The van der Waals surface area contributed by atoms with E-state index in [4.69, 9.17) is 0 Å². The lowest BCUT2D eigenvalue weighted by Crippen LogP contribution is -2.33. The van der Waals surface area contributed by atoms with E-state index < -0.39 is 0 Å². The van der Waals surface area contributed by atoms with Crippen LogP contribution in [-0.2, 0) is 13.1 Å². The Bertz CT molecular complexity index is 541. The Hall–Kier alpha value is -1.62. The van der Waals surface area contributed by atoms with Gasteiger partial charge in [0.1, 0.15) is 0 Å². The lowest BCUT2D eigenvalue weighted by Gasteiger charge is -2.20. The maximum Gasteiger partial charge on any atom is 0.0644 e. The molecule has 5 nitrogen and oxygen atoms in total. The van der Waals surface area contributed by atoms with Gasteiger partial charge >= 0.3 is 0 Å². The normalized spacial score (nSPS) is 14.4. The molecule has 0 saturated carbocycles. The van der Waals surface area contributed by atoms with Crippen molar-refractivity contribution < 1.29 is 0 Å². The second-order valence-electron chi connectivity index (χ2n) is 5.42. The first-order valence-electron chi connectivity index (χ1n) is 7.30. The van der Waals surface area contributed by atoms with Crippen LogP contribution in [0.1, 0.15) is 43.8 Å². The summed E-state index contributed by atoms with van der Waals surface area (Å²) in [4.78, 5) is 0. The molecule has 0 aliphatic heterocycles. The number of nitrogens with one attached hydrogen (secondary N) is 1. The molecule has 2 heterocycles. The maximum atomic E-state index is 4.59. The Morgan fingerprint density at radius 2 is 2.05 bits per heavy atom. The molecule has 2 aromatic rings. The molecule has 0 amide bonds. The molecule has 2 unspecified atom stereocenters. The molecule has 110 valence electrons. The molecule has 0 saturated heterocycles. The molecule has 0 aromatic carbocycles. The molecule has 0 spiro atoms. The van der Waals surface area contributed by atoms with E-state index in [-0.39, 0.29) is 0 Å². The molecule has 5 heteroatoms. The fraction of sp³-hybridized carbons (Fsp3) is 0.600. The van der Waals surface area contributed by atoms with Crippen molar-refractivity contribution in [1.82, 2.24) is 24.9 Å². The number of aromatic nitrogens is 4. The van der Waals surface area contributed by atoms with Gasteiger partial charge < -0.3 is 5.32 Å². The van der Waals surface area contributed by atoms with E-state index in [1.807, 2.05) is 23.1 Å². The monoisotopic (exact) mass is 275 g/mol. The smallest absolute Gasteiger partial charge is 0.0644 e. The number of hydrogen-bond donors (Lipinski definition) is 1. The van der Waals surface area contributed by atoms with Crippen LogP contribution < -0.4 is 5.32 Å². The summed E-state index contributed by atoms with van der Waals surface area (Å²) >= 11 is 0. The van der Waals surface area contributed by atoms with Gasteiger partial charge in [0.25, 0.3) is 0 Å². The van der Waals surface area contributed by atoms with Crippen molar-refractivity contribution in [2.75, 3.05) is 0 Å². The van der Waals surface area contributed by atoms with E-state index in [0.29, 0.717) is 12.1 Å². The summed E-state index contributed by atoms with van der Waals surface area (Å²) in [7, 11) is 0. The highest BCUT2D eigenvalue weighted by atomic mass is 15.3. The highest BCUT2D eigenvalue weighted by Gasteiger charge is 2.18. The number of hydrogen-bond acceptors (Lipinski definition) is 3. The highest BCUT2D eigenvalue weighted by Crippen LogP contribution is 2.21. The van der Waals surface area contributed by atoms with Gasteiger partial charge in [0.15, 0.2) is 0 Å². The summed E-state index contributed by atoms with van der Waals surface area (Å²) in [5, 5.41) is 12.5. The largest absolute Gasteiger partial charge is 0.306 e. The van der Waals surface area contributed by atoms with Crippen molar-refractivity contribution in [1.29, 1.82) is 0 Å². The van der Waals surface area contributed by atoms with E-state index >= 15 is 0 Å². The zero-order valence-electron chi connectivity index (χ0n) is 13.1. The number of nitrogens with zero attached hydrogens (tertiary/aromatic N) is 4. The second-order valence-corrected chi connectivity index (χ2v) is 5.42. The Labute approximate surface area is 121 Å². The zero-order chi connectivity index (χ0) is 14.7. The molecule has 2 rings (SSSR count). The molecule has 2 atom stereocenters.